The molecule has 1 amide bonds. The molecule has 1 aliphatic heterocycles. The zero-order valence-corrected chi connectivity index (χ0v) is 12.4. The summed E-state index contributed by atoms with van der Waals surface area (Å²) in [5.41, 5.74) is 0.342. The van der Waals surface area contributed by atoms with Gasteiger partial charge in [0.15, 0.2) is 5.82 Å². The maximum absolute atomic E-state index is 12.4. The molecule has 110 valence electrons. The third-order valence-electron chi connectivity index (χ3n) is 3.24. The van der Waals surface area contributed by atoms with Crippen LogP contribution < -0.4 is 5.32 Å². The van der Waals surface area contributed by atoms with Gasteiger partial charge in [0.05, 0.1) is 12.4 Å². The van der Waals surface area contributed by atoms with E-state index in [1.54, 1.807) is 11.1 Å². The summed E-state index contributed by atoms with van der Waals surface area (Å²) < 4.78 is 3.90. The number of amides is 1. The maximum Gasteiger partial charge on any atom is 0.274 e. The van der Waals surface area contributed by atoms with Gasteiger partial charge in [0, 0.05) is 37.7 Å². The van der Waals surface area contributed by atoms with E-state index in [1.165, 1.54) is 24.1 Å². The Bertz CT molecular complexity index is 610. The number of piperazine rings is 1. The van der Waals surface area contributed by atoms with Gasteiger partial charge in [0.1, 0.15) is 12.0 Å². The Hall–Kier alpha value is -2.13. The summed E-state index contributed by atoms with van der Waals surface area (Å²) in [6.07, 6.45) is 4.51. The lowest BCUT2D eigenvalue weighted by molar-refractivity contribution is 0.0658. The predicted molar refractivity (Wildman–Crippen MR) is 78.6 cm³/mol. The van der Waals surface area contributed by atoms with E-state index in [-0.39, 0.29) is 5.91 Å². The van der Waals surface area contributed by atoms with Gasteiger partial charge < -0.3 is 15.1 Å². The van der Waals surface area contributed by atoms with Crippen LogP contribution in [0.15, 0.2) is 18.7 Å². The van der Waals surface area contributed by atoms with Gasteiger partial charge in [-0.15, -0.1) is 0 Å². The third-order valence-corrected chi connectivity index (χ3v) is 3.82. The molecule has 0 bridgehead atoms. The Balaban J connectivity index is 1.71. The highest BCUT2D eigenvalue weighted by atomic mass is 32.1. The van der Waals surface area contributed by atoms with Crippen molar-refractivity contribution in [3.05, 3.63) is 24.4 Å². The minimum Gasteiger partial charge on any atom is -0.335 e. The van der Waals surface area contributed by atoms with Crippen LogP contribution in [-0.2, 0) is 0 Å². The summed E-state index contributed by atoms with van der Waals surface area (Å²) in [6.45, 7) is 3.18. The Morgan fingerprint density at radius 2 is 2.10 bits per heavy atom. The van der Waals surface area contributed by atoms with Crippen LogP contribution in [0.25, 0.3) is 0 Å². The smallest absolute Gasteiger partial charge is 0.274 e. The second-order valence-electron chi connectivity index (χ2n) is 4.76. The van der Waals surface area contributed by atoms with E-state index in [0.717, 1.165) is 13.1 Å². The van der Waals surface area contributed by atoms with E-state index in [1.807, 2.05) is 7.05 Å². The average Bonchev–Trinajstić information content (AvgIpc) is 3.00. The van der Waals surface area contributed by atoms with Gasteiger partial charge in [0.2, 0.25) is 5.13 Å². The number of nitrogens with one attached hydrogen (secondary N) is 1. The van der Waals surface area contributed by atoms with E-state index in [2.05, 4.69) is 29.5 Å². The molecule has 0 unspecified atom stereocenters. The van der Waals surface area contributed by atoms with Crippen LogP contribution in [0.5, 0.6) is 0 Å². The number of rotatable bonds is 3. The number of anilines is 2. The Labute approximate surface area is 126 Å². The van der Waals surface area contributed by atoms with Crippen molar-refractivity contribution in [1.82, 2.24) is 29.1 Å². The standard InChI is InChI=1S/C12H15N7OS/c1-18-2-4-19(5-3-18)11(20)9-6-13-7-10(16-9)17-12-14-8-15-21-12/h6-8H,2-5H2,1H3,(H,14,15,16,17). The fraction of sp³-hybridized carbons (Fsp3) is 0.417. The van der Waals surface area contributed by atoms with Crippen molar-refractivity contribution in [2.45, 2.75) is 0 Å². The molecule has 0 aromatic carbocycles. The molecule has 1 aliphatic rings. The molecular formula is C12H15N7OS. The van der Waals surface area contributed by atoms with E-state index >= 15 is 0 Å². The van der Waals surface area contributed by atoms with Gasteiger partial charge in [-0.3, -0.25) is 9.78 Å². The first-order valence-electron chi connectivity index (χ1n) is 6.56. The van der Waals surface area contributed by atoms with Crippen LogP contribution in [0.3, 0.4) is 0 Å². The lowest BCUT2D eigenvalue weighted by Gasteiger charge is -2.32. The second-order valence-corrected chi connectivity index (χ2v) is 5.54. The highest BCUT2D eigenvalue weighted by molar-refractivity contribution is 7.09. The van der Waals surface area contributed by atoms with Crippen LogP contribution >= 0.6 is 11.5 Å². The van der Waals surface area contributed by atoms with Crippen molar-refractivity contribution >= 4 is 28.4 Å². The second kappa shape index (κ2) is 6.10. The van der Waals surface area contributed by atoms with Gasteiger partial charge in [-0.25, -0.2) is 9.97 Å². The number of likely N-dealkylation sites (N-methyl/N-ethyl adjacent to an activating group) is 1. The zero-order valence-electron chi connectivity index (χ0n) is 11.6. The minimum atomic E-state index is -0.0866. The van der Waals surface area contributed by atoms with E-state index in [0.29, 0.717) is 29.7 Å². The Morgan fingerprint density at radius 1 is 1.29 bits per heavy atom. The third kappa shape index (κ3) is 3.31. The van der Waals surface area contributed by atoms with Crippen LogP contribution in [0, 0.1) is 0 Å². The van der Waals surface area contributed by atoms with E-state index in [9.17, 15) is 4.79 Å². The first-order chi connectivity index (χ1) is 10.2. The van der Waals surface area contributed by atoms with Gasteiger partial charge >= 0.3 is 0 Å². The van der Waals surface area contributed by atoms with Crippen molar-refractivity contribution in [3.63, 3.8) is 0 Å². The van der Waals surface area contributed by atoms with Crippen LogP contribution in [-0.4, -0.2) is 68.3 Å². The first-order valence-corrected chi connectivity index (χ1v) is 7.33. The van der Waals surface area contributed by atoms with Crippen molar-refractivity contribution in [2.75, 3.05) is 38.5 Å². The van der Waals surface area contributed by atoms with Crippen molar-refractivity contribution in [2.24, 2.45) is 0 Å². The van der Waals surface area contributed by atoms with Gasteiger partial charge in [-0.05, 0) is 7.05 Å². The number of hydrogen-bond donors (Lipinski definition) is 1. The Morgan fingerprint density at radius 3 is 2.81 bits per heavy atom. The van der Waals surface area contributed by atoms with Crippen LogP contribution in [0.2, 0.25) is 0 Å². The molecule has 0 saturated carbocycles. The lowest BCUT2D eigenvalue weighted by atomic mass is 10.3. The summed E-state index contributed by atoms with van der Waals surface area (Å²) in [5.74, 6) is 0.406. The molecule has 2 aromatic rings. The summed E-state index contributed by atoms with van der Waals surface area (Å²) in [7, 11) is 2.05. The zero-order chi connectivity index (χ0) is 14.7. The number of aromatic nitrogens is 4. The number of nitrogens with zero attached hydrogens (tertiary/aromatic N) is 6. The largest absolute Gasteiger partial charge is 0.335 e. The molecule has 0 spiro atoms. The topological polar surface area (TPSA) is 87.1 Å². The highest BCUT2D eigenvalue weighted by Gasteiger charge is 2.21. The fourth-order valence-corrected chi connectivity index (χ4v) is 2.48. The summed E-state index contributed by atoms with van der Waals surface area (Å²) in [4.78, 5) is 28.8. The molecule has 3 heterocycles. The first kappa shape index (κ1) is 13.8. The molecular weight excluding hydrogens is 290 g/mol. The van der Waals surface area contributed by atoms with Gasteiger partial charge in [-0.1, -0.05) is 0 Å². The fourth-order valence-electron chi connectivity index (χ4n) is 2.04. The van der Waals surface area contributed by atoms with E-state index in [4.69, 9.17) is 0 Å². The predicted octanol–water partition coefficient (Wildman–Crippen LogP) is 0.459. The van der Waals surface area contributed by atoms with Crippen molar-refractivity contribution < 1.29 is 4.79 Å². The molecule has 0 radical (unpaired) electrons. The SMILES string of the molecule is CN1CCN(C(=O)c2cncc(Nc3ncns3)n2)CC1. The molecule has 8 nitrogen and oxygen atoms in total. The Kier molecular flexibility index (Phi) is 4.02. The number of carbonyl (C=O) groups is 1. The molecule has 2 aromatic heterocycles. The molecule has 0 aliphatic carbocycles. The molecule has 0 atom stereocenters. The summed E-state index contributed by atoms with van der Waals surface area (Å²) >= 11 is 1.22. The molecule has 3 rings (SSSR count). The van der Waals surface area contributed by atoms with E-state index < -0.39 is 0 Å². The van der Waals surface area contributed by atoms with Crippen molar-refractivity contribution in [1.29, 1.82) is 0 Å². The van der Waals surface area contributed by atoms with Crippen molar-refractivity contribution in [3.8, 4) is 0 Å². The van der Waals surface area contributed by atoms with Crippen LogP contribution in [0.4, 0.5) is 10.9 Å². The summed E-state index contributed by atoms with van der Waals surface area (Å²) in [6, 6.07) is 0. The maximum atomic E-state index is 12.4. The summed E-state index contributed by atoms with van der Waals surface area (Å²) in [5, 5.41) is 3.60. The van der Waals surface area contributed by atoms with Gasteiger partial charge in [-0.2, -0.15) is 4.37 Å². The highest BCUT2D eigenvalue weighted by Crippen LogP contribution is 2.14. The molecule has 9 heteroatoms. The normalized spacial score (nSPS) is 16.0. The molecule has 1 N–H and O–H groups in total. The number of carbonyl (C=O) groups excluding carboxylic acids is 1. The van der Waals surface area contributed by atoms with Gasteiger partial charge in [0.25, 0.3) is 5.91 Å². The average molecular weight is 305 g/mol. The van der Waals surface area contributed by atoms with Crippen LogP contribution in [0.1, 0.15) is 10.5 Å². The molecule has 1 saturated heterocycles. The number of hydrogen-bond acceptors (Lipinski definition) is 8. The minimum absolute atomic E-state index is 0.0866. The molecule has 21 heavy (non-hydrogen) atoms. The quantitative estimate of drug-likeness (QED) is 0.881. The molecule has 1 fully saturated rings. The monoisotopic (exact) mass is 305 g/mol. The lowest BCUT2D eigenvalue weighted by Crippen LogP contribution is -2.47.